The molecule has 0 unspecified atom stereocenters. The van der Waals surface area contributed by atoms with Crippen molar-refractivity contribution in [3.63, 3.8) is 0 Å². The normalized spacial score (nSPS) is 18.8. The monoisotopic (exact) mass is 704 g/mol. The summed E-state index contributed by atoms with van der Waals surface area (Å²) >= 11 is 13.8. The van der Waals surface area contributed by atoms with Crippen LogP contribution in [0.25, 0.3) is 22.4 Å². The molecular weight excluding hydrogens is 667 g/mol. The van der Waals surface area contributed by atoms with E-state index in [1.165, 1.54) is 0 Å². The fraction of sp³-hybridized carbons (Fsp3) is 0.378. The number of carbonyl (C=O) groups is 1. The summed E-state index contributed by atoms with van der Waals surface area (Å²) in [5.74, 6) is 0.0995. The molecule has 4 aromatic rings. The van der Waals surface area contributed by atoms with Gasteiger partial charge in [-0.15, -0.1) is 0 Å². The number of β-amino-alcohol motifs (C(OH)–C–C–N with tert-alkyl or cyclic N) is 1. The molecule has 2 saturated heterocycles. The predicted molar refractivity (Wildman–Crippen MR) is 186 cm³/mol. The molecule has 2 aromatic heterocycles. The molecule has 49 heavy (non-hydrogen) atoms. The number of hydrogen-bond acceptors (Lipinski definition) is 9. The van der Waals surface area contributed by atoms with Crippen LogP contribution in [0.4, 0.5) is 0 Å². The fourth-order valence-electron chi connectivity index (χ4n) is 7.21. The van der Waals surface area contributed by atoms with Gasteiger partial charge in [-0.3, -0.25) is 14.6 Å². The van der Waals surface area contributed by atoms with Crippen LogP contribution in [0, 0.1) is 5.92 Å². The first-order valence-electron chi connectivity index (χ1n) is 16.3. The number of halogens is 2. The molecule has 2 N–H and O–H groups in total. The number of benzene rings is 2. The summed E-state index contributed by atoms with van der Waals surface area (Å²) in [4.78, 5) is 24.8. The molecule has 0 saturated carbocycles. The third kappa shape index (κ3) is 6.68. The molecule has 12 heteroatoms. The van der Waals surface area contributed by atoms with Crippen LogP contribution >= 0.6 is 23.2 Å². The first-order chi connectivity index (χ1) is 23.5. The number of pyridine rings is 2. The zero-order chi connectivity index (χ0) is 34.4. The lowest BCUT2D eigenvalue weighted by Crippen LogP contribution is -2.59. The van der Waals surface area contributed by atoms with Gasteiger partial charge in [-0.2, -0.15) is 4.98 Å². The number of rotatable bonds is 11. The van der Waals surface area contributed by atoms with Gasteiger partial charge < -0.3 is 24.4 Å². The van der Waals surface area contributed by atoms with Crippen molar-refractivity contribution in [3.8, 4) is 40.0 Å². The molecule has 256 valence electrons. The van der Waals surface area contributed by atoms with Crippen molar-refractivity contribution in [2.24, 2.45) is 5.92 Å². The van der Waals surface area contributed by atoms with E-state index in [9.17, 15) is 15.0 Å². The zero-order valence-electron chi connectivity index (χ0n) is 27.6. The van der Waals surface area contributed by atoms with Crippen molar-refractivity contribution < 1.29 is 29.2 Å². The summed E-state index contributed by atoms with van der Waals surface area (Å²) in [6.07, 6.45) is 1.26. The zero-order valence-corrected chi connectivity index (χ0v) is 29.1. The lowest BCUT2D eigenvalue weighted by molar-refractivity contribution is -0.147. The number of aliphatic carboxylic acids is 1. The summed E-state index contributed by atoms with van der Waals surface area (Å²) in [5, 5.41) is 20.3. The highest BCUT2D eigenvalue weighted by atomic mass is 35.5. The Morgan fingerprint density at radius 3 is 2.29 bits per heavy atom. The second-order valence-corrected chi connectivity index (χ2v) is 14.2. The molecule has 2 aromatic carbocycles. The third-order valence-electron chi connectivity index (χ3n) is 9.57. The lowest BCUT2D eigenvalue weighted by atomic mass is 9.94. The molecule has 0 radical (unpaired) electrons. The number of carboxylic acids is 1. The largest absolute Gasteiger partial charge is 0.481 e. The predicted octanol–water partition coefficient (Wildman–Crippen LogP) is 6.28. The van der Waals surface area contributed by atoms with Crippen molar-refractivity contribution in [1.29, 1.82) is 0 Å². The SMILES string of the molecule is COc1nc(-c2cccc(-c3cccc4c3CC[C@@H]4Oc3nc(OC)c(CN4CC(C(=O)O)C4)cc3Cl)c2Cl)ccc1CN1CC(C)(O)C1. The van der Waals surface area contributed by atoms with Gasteiger partial charge in [0.05, 0.1) is 36.5 Å². The molecule has 1 aliphatic carbocycles. The number of likely N-dealkylation sites (tertiary alicyclic amines) is 2. The Kier molecular flexibility index (Phi) is 9.19. The highest BCUT2D eigenvalue weighted by molar-refractivity contribution is 6.36. The maximum Gasteiger partial charge on any atom is 0.309 e. The highest BCUT2D eigenvalue weighted by Gasteiger charge is 2.37. The number of methoxy groups -OCH3 is 2. The maximum absolute atomic E-state index is 11.2. The molecular formula is C37H38Cl2N4O6. The van der Waals surface area contributed by atoms with Crippen molar-refractivity contribution in [2.45, 2.75) is 44.6 Å². The summed E-state index contributed by atoms with van der Waals surface area (Å²) in [6.45, 7) is 5.15. The van der Waals surface area contributed by atoms with Crippen LogP contribution in [0.1, 0.15) is 41.7 Å². The number of fused-ring (bicyclic) bond motifs is 1. The second kappa shape index (κ2) is 13.4. The molecule has 1 atom stereocenters. The molecule has 3 aliphatic rings. The molecule has 10 nitrogen and oxygen atoms in total. The van der Waals surface area contributed by atoms with E-state index in [1.54, 1.807) is 20.3 Å². The van der Waals surface area contributed by atoms with Crippen LogP contribution in [0.5, 0.6) is 17.6 Å². The van der Waals surface area contributed by atoms with E-state index in [-0.39, 0.29) is 12.0 Å². The van der Waals surface area contributed by atoms with Crippen LogP contribution in [-0.2, 0) is 24.3 Å². The molecule has 2 fully saturated rings. The summed E-state index contributed by atoms with van der Waals surface area (Å²) in [6, 6.07) is 17.9. The van der Waals surface area contributed by atoms with Gasteiger partial charge in [-0.1, -0.05) is 65.7 Å². The van der Waals surface area contributed by atoms with Gasteiger partial charge in [0.1, 0.15) is 11.1 Å². The molecule has 0 spiro atoms. The van der Waals surface area contributed by atoms with E-state index >= 15 is 0 Å². The van der Waals surface area contributed by atoms with Crippen molar-refractivity contribution in [3.05, 3.63) is 86.9 Å². The number of aliphatic hydroxyl groups is 1. The quantitative estimate of drug-likeness (QED) is 0.185. The second-order valence-electron chi connectivity index (χ2n) is 13.4. The Labute approximate surface area is 295 Å². The highest BCUT2D eigenvalue weighted by Crippen LogP contribution is 2.45. The van der Waals surface area contributed by atoms with Crippen LogP contribution in [0.15, 0.2) is 54.6 Å². The van der Waals surface area contributed by atoms with E-state index in [1.807, 2.05) is 48.2 Å². The average Bonchev–Trinajstić information content (AvgIpc) is 3.46. The van der Waals surface area contributed by atoms with Crippen molar-refractivity contribution >= 4 is 29.2 Å². The number of aromatic nitrogens is 2. The molecule has 0 bridgehead atoms. The fourth-order valence-corrected chi connectivity index (χ4v) is 7.76. The summed E-state index contributed by atoms with van der Waals surface area (Å²) < 4.78 is 17.7. The molecule has 2 aliphatic heterocycles. The van der Waals surface area contributed by atoms with Gasteiger partial charge >= 0.3 is 5.97 Å². The van der Waals surface area contributed by atoms with Crippen LogP contribution in [-0.4, -0.2) is 81.9 Å². The van der Waals surface area contributed by atoms with Crippen molar-refractivity contribution in [2.75, 3.05) is 40.4 Å². The van der Waals surface area contributed by atoms with Gasteiger partial charge in [0.2, 0.25) is 17.6 Å². The topological polar surface area (TPSA) is 117 Å². The van der Waals surface area contributed by atoms with Gasteiger partial charge in [-0.05, 0) is 48.6 Å². The minimum atomic E-state index is -0.781. The summed E-state index contributed by atoms with van der Waals surface area (Å²) in [7, 11) is 3.17. The van der Waals surface area contributed by atoms with Gasteiger partial charge in [0.25, 0.3) is 0 Å². The smallest absolute Gasteiger partial charge is 0.309 e. The Morgan fingerprint density at radius 1 is 0.898 bits per heavy atom. The third-order valence-corrected chi connectivity index (χ3v) is 10.2. The lowest BCUT2D eigenvalue weighted by Gasteiger charge is -2.44. The molecule has 4 heterocycles. The first-order valence-corrected chi connectivity index (χ1v) is 17.0. The maximum atomic E-state index is 11.2. The molecule has 7 rings (SSSR count). The Bertz CT molecular complexity index is 1910. The standard InChI is InChI=1S/C37H38Cl2N4O6/c1-37(46)19-43(20-37)15-21-10-12-30(40-33(21)47-2)28-9-5-8-27(32(28)39)24-6-4-7-26-25(24)11-13-31(26)49-35-29(38)14-22(34(41-35)48-3)16-42-17-23(18-42)36(44)45/h4-10,12,14,23,31,46H,11,13,15-20H2,1-3H3,(H,44,45)/t31-/m0/s1. The van der Waals surface area contributed by atoms with Gasteiger partial charge in [-0.25, -0.2) is 4.98 Å². The number of hydrogen-bond donors (Lipinski definition) is 2. The minimum Gasteiger partial charge on any atom is -0.481 e. The molecule has 0 amide bonds. The van der Waals surface area contributed by atoms with E-state index in [0.29, 0.717) is 72.6 Å². The van der Waals surface area contributed by atoms with E-state index in [4.69, 9.17) is 42.4 Å². The Balaban J connectivity index is 1.11. The van der Waals surface area contributed by atoms with Crippen molar-refractivity contribution in [1.82, 2.24) is 19.8 Å². The van der Waals surface area contributed by atoms with Gasteiger partial charge in [0, 0.05) is 61.5 Å². The van der Waals surface area contributed by atoms with E-state index in [2.05, 4.69) is 22.0 Å². The number of nitrogens with zero attached hydrogens (tertiary/aromatic N) is 4. The van der Waals surface area contributed by atoms with Crippen LogP contribution < -0.4 is 14.2 Å². The minimum absolute atomic E-state index is 0.266. The summed E-state index contributed by atoms with van der Waals surface area (Å²) in [5.41, 5.74) is 6.75. The first kappa shape index (κ1) is 33.6. The number of ether oxygens (including phenoxy) is 3. The van der Waals surface area contributed by atoms with Crippen LogP contribution in [0.2, 0.25) is 10.0 Å². The number of carboxylic acid groups (broad SMARTS) is 1. The van der Waals surface area contributed by atoms with Crippen LogP contribution in [0.3, 0.4) is 0 Å². The average molecular weight is 706 g/mol. The van der Waals surface area contributed by atoms with E-state index < -0.39 is 11.6 Å². The van der Waals surface area contributed by atoms with E-state index in [0.717, 1.165) is 51.8 Å². The van der Waals surface area contributed by atoms with Gasteiger partial charge in [0.15, 0.2) is 0 Å². The Morgan fingerprint density at radius 2 is 1.57 bits per heavy atom. The Hall–Kier alpha value is -3.93.